The molecule has 4 aliphatic heterocycles. The van der Waals surface area contributed by atoms with Crippen molar-refractivity contribution < 1.29 is 24.2 Å². The number of rotatable bonds is 7. The van der Waals surface area contributed by atoms with E-state index < -0.39 is 29.1 Å². The highest BCUT2D eigenvalue weighted by molar-refractivity contribution is 6.00. The summed E-state index contributed by atoms with van der Waals surface area (Å²) in [5.41, 5.74) is 0.0432. The fourth-order valence-electron chi connectivity index (χ4n) is 7.46. The Bertz CT molecular complexity index is 1640. The number of ether oxygens (including phenoxy) is 1. The molecule has 1 aromatic heterocycles. The summed E-state index contributed by atoms with van der Waals surface area (Å²) in [6.45, 7) is 2.74. The van der Waals surface area contributed by atoms with E-state index in [4.69, 9.17) is 4.74 Å². The molecule has 0 radical (unpaired) electrons. The average molecular weight is 583 g/mol. The summed E-state index contributed by atoms with van der Waals surface area (Å²) in [5, 5.41) is 18.5. The van der Waals surface area contributed by atoms with E-state index in [0.717, 1.165) is 11.1 Å². The number of nitrogens with zero attached hydrogens (tertiary/aromatic N) is 6. The van der Waals surface area contributed by atoms with Crippen molar-refractivity contribution in [2.24, 2.45) is 11.8 Å². The number of fused-ring (bicyclic) bond motifs is 3. The third kappa shape index (κ3) is 4.13. The summed E-state index contributed by atoms with van der Waals surface area (Å²) < 4.78 is 8.63. The van der Waals surface area contributed by atoms with Crippen molar-refractivity contribution in [3.8, 4) is 0 Å². The minimum Gasteiger partial charge on any atom is -0.395 e. The van der Waals surface area contributed by atoms with Crippen LogP contribution in [0.5, 0.6) is 0 Å². The number of carbonyl (C=O) groups excluding carboxylic acids is 3. The van der Waals surface area contributed by atoms with Crippen LogP contribution in [0.15, 0.2) is 78.9 Å². The Kier molecular flexibility index (Phi) is 6.66. The van der Waals surface area contributed by atoms with Crippen molar-refractivity contribution in [2.45, 2.75) is 43.8 Å². The molecule has 43 heavy (non-hydrogen) atoms. The van der Waals surface area contributed by atoms with Crippen LogP contribution < -0.4 is 0 Å². The van der Waals surface area contributed by atoms with Gasteiger partial charge < -0.3 is 24.5 Å². The van der Waals surface area contributed by atoms with Crippen LogP contribution >= 0.6 is 0 Å². The minimum atomic E-state index is -1.38. The lowest BCUT2D eigenvalue weighted by molar-refractivity contribution is -0.155. The van der Waals surface area contributed by atoms with E-state index in [2.05, 4.69) is 10.3 Å². The zero-order valence-electron chi connectivity index (χ0n) is 24.0. The average Bonchev–Trinajstić information content (AvgIpc) is 3.56. The molecule has 2 saturated heterocycles. The van der Waals surface area contributed by atoms with Gasteiger partial charge in [0.25, 0.3) is 5.91 Å². The van der Waals surface area contributed by atoms with Crippen molar-refractivity contribution in [3.63, 3.8) is 0 Å². The zero-order valence-corrected chi connectivity index (χ0v) is 24.0. The molecule has 2 fully saturated rings. The minimum absolute atomic E-state index is 0.0472. The van der Waals surface area contributed by atoms with Crippen LogP contribution in [-0.2, 0) is 32.3 Å². The van der Waals surface area contributed by atoms with Crippen molar-refractivity contribution >= 4 is 28.8 Å². The van der Waals surface area contributed by atoms with E-state index in [9.17, 15) is 19.5 Å². The molecule has 1 N–H and O–H groups in total. The maximum atomic E-state index is 14.5. The standard InChI is InChI=1S/C32H34N6O5/c1-2-31-14-8-16-35(20-22-10-4-3-5-11-22)28(40)25(31)26-29(41)37(18-19-39)27-30(42)36(17-9-15-32(26,27)43-31)21-38-24-13-7-6-12-23(24)33-34-38/h3-15,25-27,39H,2,16-21H2,1H3/t25-,26+,27?,31+,32+/m1/s1. The number of para-hydroxylation sites is 1. The monoisotopic (exact) mass is 582 g/mol. The fourth-order valence-corrected chi connectivity index (χ4v) is 7.46. The smallest absolute Gasteiger partial charge is 0.250 e. The number of amides is 3. The third-order valence-corrected chi connectivity index (χ3v) is 9.39. The van der Waals surface area contributed by atoms with Gasteiger partial charge in [0.2, 0.25) is 11.8 Å². The van der Waals surface area contributed by atoms with Crippen LogP contribution in [0.1, 0.15) is 18.9 Å². The lowest BCUT2D eigenvalue weighted by Gasteiger charge is -2.38. The first-order valence-corrected chi connectivity index (χ1v) is 14.8. The van der Waals surface area contributed by atoms with Gasteiger partial charge in [-0.05, 0) is 24.1 Å². The summed E-state index contributed by atoms with van der Waals surface area (Å²) in [6.07, 6.45) is 8.00. The molecule has 4 aliphatic rings. The van der Waals surface area contributed by atoms with Crippen molar-refractivity contribution in [1.29, 1.82) is 0 Å². The summed E-state index contributed by atoms with van der Waals surface area (Å²) in [7, 11) is 0. The van der Waals surface area contributed by atoms with E-state index in [0.29, 0.717) is 25.0 Å². The van der Waals surface area contributed by atoms with Gasteiger partial charge >= 0.3 is 0 Å². The van der Waals surface area contributed by atoms with Crippen LogP contribution in [-0.4, -0.2) is 96.0 Å². The first kappa shape index (κ1) is 27.5. The number of β-amino-alcohol motifs (C(OH)–C–C–N with tert-alkyl or cyclic N) is 1. The van der Waals surface area contributed by atoms with Gasteiger partial charge in [-0.25, -0.2) is 4.68 Å². The first-order valence-electron chi connectivity index (χ1n) is 14.8. The Morgan fingerprint density at radius 3 is 2.44 bits per heavy atom. The van der Waals surface area contributed by atoms with Gasteiger partial charge in [0.05, 0.1) is 29.6 Å². The number of aliphatic hydroxyl groups is 1. The second-order valence-corrected chi connectivity index (χ2v) is 11.7. The normalized spacial score (nSPS) is 30.0. The molecule has 11 heteroatoms. The van der Waals surface area contributed by atoms with Crippen molar-refractivity contribution in [3.05, 3.63) is 84.5 Å². The van der Waals surface area contributed by atoms with Gasteiger partial charge in [-0.15, -0.1) is 5.10 Å². The quantitative estimate of drug-likeness (QED) is 0.422. The SMILES string of the molecule is CC[C@]12C=CCN(Cc3ccccc3)C(=O)[C@H]1[C@H]1C(=O)N(CCO)C3C(=O)N(Cn4nnc5ccccc54)CC=C[C@@]31O2. The van der Waals surface area contributed by atoms with Gasteiger partial charge in [0.15, 0.2) is 0 Å². The number of benzene rings is 2. The molecule has 0 aliphatic carbocycles. The summed E-state index contributed by atoms with van der Waals surface area (Å²) in [5.74, 6) is -2.61. The molecular weight excluding hydrogens is 548 g/mol. The summed E-state index contributed by atoms with van der Waals surface area (Å²) in [6, 6.07) is 16.2. The highest BCUT2D eigenvalue weighted by Crippen LogP contribution is 2.58. The van der Waals surface area contributed by atoms with Crippen LogP contribution in [0.2, 0.25) is 0 Å². The molecule has 5 atom stereocenters. The number of aromatic nitrogens is 3. The van der Waals surface area contributed by atoms with Gasteiger partial charge in [0.1, 0.15) is 23.8 Å². The molecule has 7 rings (SSSR count). The Morgan fingerprint density at radius 1 is 0.907 bits per heavy atom. The molecule has 11 nitrogen and oxygen atoms in total. The molecule has 2 aromatic carbocycles. The molecule has 0 saturated carbocycles. The van der Waals surface area contributed by atoms with E-state index >= 15 is 0 Å². The Hall–Kier alpha value is -4.35. The maximum absolute atomic E-state index is 14.5. The number of carbonyl (C=O) groups is 3. The highest BCUT2D eigenvalue weighted by Gasteiger charge is 2.75. The molecule has 3 aromatic rings. The van der Waals surface area contributed by atoms with Crippen molar-refractivity contribution in [2.75, 3.05) is 26.2 Å². The molecule has 0 bridgehead atoms. The second kappa shape index (κ2) is 10.4. The molecule has 222 valence electrons. The predicted molar refractivity (Wildman–Crippen MR) is 156 cm³/mol. The lowest BCUT2D eigenvalue weighted by Crippen LogP contribution is -2.56. The molecule has 1 unspecified atom stereocenters. The number of aliphatic hydroxyl groups excluding tert-OH is 1. The number of hydrogen-bond donors (Lipinski definition) is 1. The van der Waals surface area contributed by atoms with E-state index in [1.54, 1.807) is 14.5 Å². The van der Waals surface area contributed by atoms with Gasteiger partial charge in [-0.2, -0.15) is 0 Å². The van der Waals surface area contributed by atoms with Crippen molar-refractivity contribution in [1.82, 2.24) is 29.7 Å². The molecular formula is C32H34N6O5. The van der Waals surface area contributed by atoms with E-state index in [-0.39, 0.29) is 44.1 Å². The number of hydrogen-bond acceptors (Lipinski definition) is 7. The fraction of sp³-hybridized carbons (Fsp3) is 0.406. The molecule has 1 spiro atoms. The topological polar surface area (TPSA) is 121 Å². The van der Waals surface area contributed by atoms with Crippen LogP contribution in [0, 0.1) is 11.8 Å². The summed E-state index contributed by atoms with van der Waals surface area (Å²) >= 11 is 0. The van der Waals surface area contributed by atoms with Crippen LogP contribution in [0.4, 0.5) is 0 Å². The number of likely N-dealkylation sites (tertiary alicyclic amines) is 1. The second-order valence-electron chi connectivity index (χ2n) is 11.7. The third-order valence-electron chi connectivity index (χ3n) is 9.39. The Balaban J connectivity index is 1.28. The summed E-state index contributed by atoms with van der Waals surface area (Å²) in [4.78, 5) is 48.0. The molecule has 5 heterocycles. The Morgan fingerprint density at radius 2 is 1.65 bits per heavy atom. The highest BCUT2D eigenvalue weighted by atomic mass is 16.5. The van der Waals surface area contributed by atoms with Crippen LogP contribution in [0.3, 0.4) is 0 Å². The van der Waals surface area contributed by atoms with Gasteiger partial charge in [0, 0.05) is 26.2 Å². The largest absolute Gasteiger partial charge is 0.395 e. The predicted octanol–water partition coefficient (Wildman–Crippen LogP) is 1.74. The van der Waals surface area contributed by atoms with Gasteiger partial charge in [-0.1, -0.05) is 78.9 Å². The first-order chi connectivity index (χ1) is 20.9. The molecule has 3 amide bonds. The lowest BCUT2D eigenvalue weighted by atomic mass is 9.73. The van der Waals surface area contributed by atoms with Gasteiger partial charge in [-0.3, -0.25) is 14.4 Å². The Labute approximate surface area is 249 Å². The van der Waals surface area contributed by atoms with E-state index in [1.807, 2.05) is 85.8 Å². The van der Waals surface area contributed by atoms with Crippen LogP contribution in [0.25, 0.3) is 11.0 Å². The maximum Gasteiger partial charge on any atom is 0.250 e. The zero-order chi connectivity index (χ0) is 29.8. The van der Waals surface area contributed by atoms with E-state index in [1.165, 1.54) is 4.90 Å².